The lowest BCUT2D eigenvalue weighted by molar-refractivity contribution is -0.761. The average Bonchev–Trinajstić information content (AvgIpc) is 2.45. The molecule has 0 aliphatic heterocycles. The van der Waals surface area contributed by atoms with Gasteiger partial charge in [0.2, 0.25) is 0 Å². The predicted molar refractivity (Wildman–Crippen MR) is 92.5 cm³/mol. The first-order valence-electron chi connectivity index (χ1n) is 6.94. The van der Waals surface area contributed by atoms with Gasteiger partial charge in [0, 0.05) is 20.3 Å². The SMILES string of the molecule is C.C.COCC(COC)(COCOCC(C)N(C)C)CO[N+](=O)[O-]. The molecule has 0 heterocycles. The van der Waals surface area contributed by atoms with Crippen LogP contribution in [0.15, 0.2) is 0 Å². The van der Waals surface area contributed by atoms with Gasteiger partial charge in [0.1, 0.15) is 13.4 Å². The van der Waals surface area contributed by atoms with Crippen LogP contribution in [0.5, 0.6) is 0 Å². The zero-order valence-electron chi connectivity index (χ0n) is 14.1. The number of methoxy groups -OCH3 is 2. The van der Waals surface area contributed by atoms with Crippen molar-refractivity contribution in [1.29, 1.82) is 0 Å². The summed E-state index contributed by atoms with van der Waals surface area (Å²) in [6.07, 6.45) is 0. The summed E-state index contributed by atoms with van der Waals surface area (Å²) in [6.45, 7) is 3.07. The molecule has 0 fully saturated rings. The molecule has 1 unspecified atom stereocenters. The Bertz CT molecular complexity index is 298. The lowest BCUT2D eigenvalue weighted by Gasteiger charge is -2.31. The minimum atomic E-state index is -0.838. The van der Waals surface area contributed by atoms with E-state index in [1.54, 1.807) is 0 Å². The monoisotopic (exact) mass is 356 g/mol. The van der Waals surface area contributed by atoms with Crippen LogP contribution in [0.2, 0.25) is 0 Å². The molecule has 0 spiro atoms. The summed E-state index contributed by atoms with van der Waals surface area (Å²) in [7, 11) is 6.94. The number of likely N-dealkylation sites (N-methyl/N-ethyl adjacent to an activating group) is 1. The highest BCUT2D eigenvalue weighted by atomic mass is 17.0. The van der Waals surface area contributed by atoms with Gasteiger partial charge in [0.15, 0.2) is 0 Å². The molecule has 0 aromatic rings. The van der Waals surface area contributed by atoms with E-state index in [9.17, 15) is 10.1 Å². The van der Waals surface area contributed by atoms with Crippen LogP contribution < -0.4 is 0 Å². The van der Waals surface area contributed by atoms with Gasteiger partial charge in [0.05, 0.1) is 31.8 Å². The highest BCUT2D eigenvalue weighted by Gasteiger charge is 2.33. The smallest absolute Gasteiger partial charge is 0.294 e. The van der Waals surface area contributed by atoms with Gasteiger partial charge in [-0.15, -0.1) is 10.1 Å². The second-order valence-electron chi connectivity index (χ2n) is 5.51. The van der Waals surface area contributed by atoms with Gasteiger partial charge < -0.3 is 28.7 Å². The molecule has 0 saturated carbocycles. The van der Waals surface area contributed by atoms with Crippen LogP contribution in [-0.2, 0) is 23.8 Å². The zero-order valence-corrected chi connectivity index (χ0v) is 14.1. The summed E-state index contributed by atoms with van der Waals surface area (Å²) in [5.41, 5.74) is -0.757. The molecule has 0 aromatic heterocycles. The second-order valence-corrected chi connectivity index (χ2v) is 5.51. The van der Waals surface area contributed by atoms with Crippen LogP contribution in [0, 0.1) is 15.5 Å². The molecule has 0 rings (SSSR count). The van der Waals surface area contributed by atoms with Gasteiger partial charge in [-0.3, -0.25) is 0 Å². The van der Waals surface area contributed by atoms with Gasteiger partial charge in [-0.25, -0.2) is 0 Å². The van der Waals surface area contributed by atoms with Crippen LogP contribution >= 0.6 is 0 Å². The quantitative estimate of drug-likeness (QED) is 0.201. The van der Waals surface area contributed by atoms with Gasteiger partial charge in [-0.05, 0) is 21.0 Å². The molecule has 0 saturated heterocycles. The number of hydrogen-bond acceptors (Lipinski definition) is 8. The van der Waals surface area contributed by atoms with Gasteiger partial charge >= 0.3 is 0 Å². The Morgan fingerprint density at radius 2 is 1.58 bits per heavy atom. The van der Waals surface area contributed by atoms with Crippen molar-refractivity contribution < 1.29 is 28.9 Å². The topological polar surface area (TPSA) is 92.5 Å². The molecule has 0 N–H and O–H groups in total. The van der Waals surface area contributed by atoms with Crippen molar-refractivity contribution in [1.82, 2.24) is 4.90 Å². The van der Waals surface area contributed by atoms with E-state index in [0.717, 1.165) is 0 Å². The van der Waals surface area contributed by atoms with Crippen molar-refractivity contribution in [2.75, 3.05) is 68.1 Å². The minimum absolute atomic E-state index is 0. The fourth-order valence-corrected chi connectivity index (χ4v) is 1.74. The maximum absolute atomic E-state index is 10.4. The Morgan fingerprint density at radius 3 is 2.00 bits per heavy atom. The summed E-state index contributed by atoms with van der Waals surface area (Å²) in [5.74, 6) is 0. The lowest BCUT2D eigenvalue weighted by atomic mass is 9.92. The van der Waals surface area contributed by atoms with Gasteiger partial charge in [-0.1, -0.05) is 14.9 Å². The average molecular weight is 356 g/mol. The molecule has 0 amide bonds. The van der Waals surface area contributed by atoms with E-state index in [1.807, 2.05) is 25.9 Å². The van der Waals surface area contributed by atoms with Crippen LogP contribution in [0.1, 0.15) is 21.8 Å². The van der Waals surface area contributed by atoms with Crippen molar-refractivity contribution in [3.63, 3.8) is 0 Å². The van der Waals surface area contributed by atoms with Crippen LogP contribution in [-0.4, -0.2) is 84.2 Å². The van der Waals surface area contributed by atoms with Crippen molar-refractivity contribution >= 4 is 0 Å². The summed E-state index contributed by atoms with van der Waals surface area (Å²) >= 11 is 0. The molecule has 0 aliphatic carbocycles. The van der Waals surface area contributed by atoms with Crippen LogP contribution in [0.4, 0.5) is 0 Å². The second kappa shape index (κ2) is 15.5. The van der Waals surface area contributed by atoms with Crippen LogP contribution in [0.3, 0.4) is 0 Å². The third-order valence-electron chi connectivity index (χ3n) is 3.19. The fourth-order valence-electron chi connectivity index (χ4n) is 1.74. The largest absolute Gasteiger partial charge is 0.384 e. The highest BCUT2D eigenvalue weighted by Crippen LogP contribution is 2.20. The maximum atomic E-state index is 10.4. The predicted octanol–water partition coefficient (Wildman–Crippen LogP) is 1.69. The van der Waals surface area contributed by atoms with Crippen LogP contribution in [0.25, 0.3) is 0 Å². The summed E-state index contributed by atoms with van der Waals surface area (Å²) in [5, 5.41) is 9.56. The van der Waals surface area contributed by atoms with E-state index in [0.29, 0.717) is 6.61 Å². The third kappa shape index (κ3) is 12.4. The first-order valence-corrected chi connectivity index (χ1v) is 6.94. The molecule has 148 valence electrons. The van der Waals surface area contributed by atoms with E-state index in [2.05, 4.69) is 4.84 Å². The molecule has 0 aromatic carbocycles. The number of ether oxygens (including phenoxy) is 4. The molecule has 9 nitrogen and oxygen atoms in total. The molecule has 1 atom stereocenters. The summed E-state index contributed by atoms with van der Waals surface area (Å²) in [6, 6.07) is 0.268. The first-order chi connectivity index (χ1) is 10.4. The first kappa shape index (κ1) is 27.8. The van der Waals surface area contributed by atoms with E-state index in [4.69, 9.17) is 18.9 Å². The maximum Gasteiger partial charge on any atom is 0.294 e. The van der Waals surface area contributed by atoms with E-state index in [-0.39, 0.29) is 54.1 Å². The zero-order chi connectivity index (χ0) is 17.0. The Hall–Kier alpha value is -1.00. The Balaban J connectivity index is -0.00000220. The van der Waals surface area contributed by atoms with E-state index in [1.165, 1.54) is 14.2 Å². The fraction of sp³-hybridized carbons (Fsp3) is 1.00. The third-order valence-corrected chi connectivity index (χ3v) is 3.19. The van der Waals surface area contributed by atoms with Crippen molar-refractivity contribution in [2.45, 2.75) is 27.8 Å². The van der Waals surface area contributed by atoms with E-state index >= 15 is 0 Å². The molecule has 0 radical (unpaired) electrons. The molecule has 0 bridgehead atoms. The van der Waals surface area contributed by atoms with Crippen molar-refractivity contribution in [3.8, 4) is 0 Å². The lowest BCUT2D eigenvalue weighted by Crippen LogP contribution is -2.42. The van der Waals surface area contributed by atoms with Crippen molar-refractivity contribution in [2.24, 2.45) is 5.41 Å². The Morgan fingerprint density at radius 1 is 1.04 bits per heavy atom. The molecular weight excluding hydrogens is 320 g/mol. The Kier molecular flexibility index (Phi) is 18.0. The van der Waals surface area contributed by atoms with Gasteiger partial charge in [0.25, 0.3) is 5.09 Å². The van der Waals surface area contributed by atoms with Crippen molar-refractivity contribution in [3.05, 3.63) is 10.1 Å². The molecule has 9 heteroatoms. The molecule has 0 aliphatic rings. The summed E-state index contributed by atoms with van der Waals surface area (Å²) in [4.78, 5) is 16.9. The highest BCUT2D eigenvalue weighted by molar-refractivity contribution is 4.78. The standard InChI is InChI=1S/C13H28N2O7.2CH4/c1-12(14(2)3)6-20-11-21-9-13(7-18-4,8-19-5)10-22-15(16)17;;/h12H,6-11H2,1-5H3;2*1H4. The Labute approximate surface area is 146 Å². The van der Waals surface area contributed by atoms with Gasteiger partial charge in [-0.2, -0.15) is 0 Å². The molecular formula is C15H36N2O7. The normalized spacial score (nSPS) is 12.2. The number of hydrogen-bond donors (Lipinski definition) is 0. The number of rotatable bonds is 14. The summed E-state index contributed by atoms with van der Waals surface area (Å²) < 4.78 is 21.1. The minimum Gasteiger partial charge on any atom is -0.384 e. The molecule has 24 heavy (non-hydrogen) atoms. The number of nitrogens with zero attached hydrogens (tertiary/aromatic N) is 2. The van der Waals surface area contributed by atoms with E-state index < -0.39 is 10.5 Å².